The van der Waals surface area contributed by atoms with Crippen LogP contribution in [0.2, 0.25) is 0 Å². The highest BCUT2D eigenvalue weighted by Crippen LogP contribution is 2.23. The summed E-state index contributed by atoms with van der Waals surface area (Å²) in [5.41, 5.74) is 15.4. The molecule has 2 aromatic heterocycles. The smallest absolute Gasteiger partial charge is 0.144 e. The molecule has 0 unspecified atom stereocenters. The Morgan fingerprint density at radius 2 is 1.07 bits per heavy atom. The molecule has 28 heavy (non-hydrogen) atoms. The van der Waals surface area contributed by atoms with E-state index in [-0.39, 0.29) is 0 Å². The first-order valence-electron chi connectivity index (χ1n) is 10.3. The van der Waals surface area contributed by atoms with Crippen LogP contribution in [0.1, 0.15) is 62.8 Å². The highest BCUT2D eigenvalue weighted by molar-refractivity contribution is 5.97. The second kappa shape index (κ2) is 8.50. The van der Waals surface area contributed by atoms with Crippen molar-refractivity contribution in [2.45, 2.75) is 63.5 Å². The van der Waals surface area contributed by atoms with Crippen molar-refractivity contribution in [2.24, 2.45) is 21.5 Å². The molecule has 0 spiro atoms. The molecule has 146 valence electrons. The molecule has 4 rings (SSSR count). The van der Waals surface area contributed by atoms with E-state index in [1.54, 1.807) is 0 Å². The molecule has 0 aliphatic heterocycles. The Kier molecular flexibility index (Phi) is 5.65. The average molecular weight is 377 g/mol. The Hall–Kier alpha value is -2.76. The molecule has 0 atom stereocenters. The maximum absolute atomic E-state index is 6.22. The molecule has 2 saturated carbocycles. The van der Waals surface area contributed by atoms with Crippen LogP contribution in [0.5, 0.6) is 0 Å². The van der Waals surface area contributed by atoms with Crippen LogP contribution in [-0.2, 0) is 0 Å². The average Bonchev–Trinajstić information content (AvgIpc) is 3.42. The summed E-state index contributed by atoms with van der Waals surface area (Å²) in [5, 5.41) is 0. The van der Waals surface area contributed by atoms with Gasteiger partial charge in [-0.1, -0.05) is 37.8 Å². The Labute approximate surface area is 166 Å². The summed E-state index contributed by atoms with van der Waals surface area (Å²) in [6.45, 7) is 0. The first-order chi connectivity index (χ1) is 13.7. The Balaban J connectivity index is 1.57. The van der Waals surface area contributed by atoms with E-state index in [1.165, 1.54) is 25.7 Å². The van der Waals surface area contributed by atoms with E-state index in [0.29, 0.717) is 35.1 Å². The molecule has 0 bridgehead atoms. The van der Waals surface area contributed by atoms with Crippen molar-refractivity contribution in [1.29, 1.82) is 0 Å². The van der Waals surface area contributed by atoms with Gasteiger partial charge in [0.25, 0.3) is 0 Å². The topological polar surface area (TPSA) is 103 Å². The standard InChI is InChI=1S/C22H28N6/c23-21(25-15-7-1-2-8-15)19-13-5-11-17(27-19)18-12-6-14-20(28-18)22(24)26-16-9-3-4-10-16/h5-6,11-16H,1-4,7-10H2,(H2,23,25)(H2,24,26). The Morgan fingerprint density at radius 3 is 1.46 bits per heavy atom. The Morgan fingerprint density at radius 1 is 0.679 bits per heavy atom. The fourth-order valence-electron chi connectivity index (χ4n) is 4.03. The van der Waals surface area contributed by atoms with Gasteiger partial charge in [0.2, 0.25) is 0 Å². The highest BCUT2D eigenvalue weighted by Gasteiger charge is 2.16. The third-order valence-corrected chi connectivity index (χ3v) is 5.58. The molecule has 2 aliphatic rings. The molecule has 2 aliphatic carbocycles. The van der Waals surface area contributed by atoms with E-state index in [1.807, 2.05) is 36.4 Å². The SMILES string of the molecule is NC(=NC1CCCC1)c1cccc(-c2cccc(C(N)=NC3CCCC3)n2)n1. The van der Waals surface area contributed by atoms with E-state index in [4.69, 9.17) is 11.5 Å². The fourth-order valence-corrected chi connectivity index (χ4v) is 4.03. The summed E-state index contributed by atoms with van der Waals surface area (Å²) in [4.78, 5) is 18.7. The largest absolute Gasteiger partial charge is 0.382 e. The van der Waals surface area contributed by atoms with Crippen molar-refractivity contribution in [3.05, 3.63) is 47.8 Å². The summed E-state index contributed by atoms with van der Waals surface area (Å²) in [6, 6.07) is 12.2. The summed E-state index contributed by atoms with van der Waals surface area (Å²) < 4.78 is 0. The number of nitrogens with zero attached hydrogens (tertiary/aromatic N) is 4. The van der Waals surface area contributed by atoms with E-state index >= 15 is 0 Å². The molecular formula is C22H28N6. The molecule has 0 radical (unpaired) electrons. The molecule has 0 saturated heterocycles. The van der Waals surface area contributed by atoms with Crippen LogP contribution in [0, 0.1) is 0 Å². The van der Waals surface area contributed by atoms with Crippen LogP contribution in [0.15, 0.2) is 46.4 Å². The fraction of sp³-hybridized carbons (Fsp3) is 0.455. The first kappa shape index (κ1) is 18.6. The van der Waals surface area contributed by atoms with Crippen LogP contribution < -0.4 is 11.5 Å². The van der Waals surface area contributed by atoms with Gasteiger partial charge in [-0.05, 0) is 49.9 Å². The summed E-state index contributed by atoms with van der Waals surface area (Å²) in [6.07, 6.45) is 9.39. The van der Waals surface area contributed by atoms with Crippen LogP contribution >= 0.6 is 0 Å². The van der Waals surface area contributed by atoms with Crippen LogP contribution in [0.3, 0.4) is 0 Å². The lowest BCUT2D eigenvalue weighted by atomic mass is 10.2. The lowest BCUT2D eigenvalue weighted by molar-refractivity contribution is 0.705. The first-order valence-corrected chi connectivity index (χ1v) is 10.3. The predicted octanol–water partition coefficient (Wildman–Crippen LogP) is 3.44. The molecule has 2 fully saturated rings. The third-order valence-electron chi connectivity index (χ3n) is 5.58. The number of hydrogen-bond acceptors (Lipinski definition) is 4. The van der Waals surface area contributed by atoms with Gasteiger partial charge in [0.05, 0.1) is 23.5 Å². The number of aliphatic imine (C=N–C) groups is 2. The number of hydrogen-bond donors (Lipinski definition) is 2. The van der Waals surface area contributed by atoms with Gasteiger partial charge in [0, 0.05) is 0 Å². The molecule has 4 N–H and O–H groups in total. The summed E-state index contributed by atoms with van der Waals surface area (Å²) in [5.74, 6) is 1.01. The maximum Gasteiger partial charge on any atom is 0.144 e. The predicted molar refractivity (Wildman–Crippen MR) is 113 cm³/mol. The van der Waals surface area contributed by atoms with Gasteiger partial charge in [-0.3, -0.25) is 9.98 Å². The molecule has 6 nitrogen and oxygen atoms in total. The van der Waals surface area contributed by atoms with Crippen molar-refractivity contribution in [2.75, 3.05) is 0 Å². The summed E-state index contributed by atoms with van der Waals surface area (Å²) >= 11 is 0. The minimum atomic E-state index is 0.332. The minimum absolute atomic E-state index is 0.332. The quantitative estimate of drug-likeness (QED) is 0.616. The Bertz CT molecular complexity index is 803. The van der Waals surface area contributed by atoms with Crippen molar-refractivity contribution >= 4 is 11.7 Å². The normalized spacial score (nSPS) is 19.4. The van der Waals surface area contributed by atoms with E-state index < -0.39 is 0 Å². The number of nitrogens with two attached hydrogens (primary N) is 2. The van der Waals surface area contributed by atoms with Gasteiger partial charge >= 0.3 is 0 Å². The van der Waals surface area contributed by atoms with Crippen LogP contribution in [0.25, 0.3) is 11.4 Å². The van der Waals surface area contributed by atoms with Crippen molar-refractivity contribution in [3.8, 4) is 11.4 Å². The zero-order chi connectivity index (χ0) is 19.3. The van der Waals surface area contributed by atoms with Crippen LogP contribution in [0.4, 0.5) is 0 Å². The second-order valence-electron chi connectivity index (χ2n) is 7.72. The number of pyridine rings is 2. The van der Waals surface area contributed by atoms with Crippen molar-refractivity contribution in [3.63, 3.8) is 0 Å². The minimum Gasteiger partial charge on any atom is -0.382 e. The second-order valence-corrected chi connectivity index (χ2v) is 7.72. The maximum atomic E-state index is 6.22. The van der Waals surface area contributed by atoms with Gasteiger partial charge < -0.3 is 11.5 Å². The van der Waals surface area contributed by atoms with Crippen molar-refractivity contribution in [1.82, 2.24) is 9.97 Å². The molecule has 2 heterocycles. The van der Waals surface area contributed by atoms with Gasteiger partial charge in [0.1, 0.15) is 23.1 Å². The monoisotopic (exact) mass is 376 g/mol. The van der Waals surface area contributed by atoms with Gasteiger partial charge in [-0.15, -0.1) is 0 Å². The lowest BCUT2D eigenvalue weighted by Gasteiger charge is -2.09. The lowest BCUT2D eigenvalue weighted by Crippen LogP contribution is -2.19. The van der Waals surface area contributed by atoms with Gasteiger partial charge in [-0.25, -0.2) is 9.97 Å². The summed E-state index contributed by atoms with van der Waals surface area (Å²) in [7, 11) is 0. The molecule has 0 aromatic carbocycles. The van der Waals surface area contributed by atoms with E-state index in [2.05, 4.69) is 20.0 Å². The van der Waals surface area contributed by atoms with Gasteiger partial charge in [-0.2, -0.15) is 0 Å². The van der Waals surface area contributed by atoms with Crippen molar-refractivity contribution < 1.29 is 0 Å². The zero-order valence-electron chi connectivity index (χ0n) is 16.2. The molecule has 2 aromatic rings. The molecule has 6 heteroatoms. The van der Waals surface area contributed by atoms with Crippen LogP contribution in [-0.4, -0.2) is 33.7 Å². The van der Waals surface area contributed by atoms with Gasteiger partial charge in [0.15, 0.2) is 0 Å². The number of rotatable bonds is 5. The van der Waals surface area contributed by atoms with E-state index in [0.717, 1.165) is 37.1 Å². The third kappa shape index (κ3) is 4.38. The zero-order valence-corrected chi connectivity index (χ0v) is 16.2. The number of amidine groups is 2. The molecule has 0 amide bonds. The number of aromatic nitrogens is 2. The molecular weight excluding hydrogens is 348 g/mol. The highest BCUT2D eigenvalue weighted by atomic mass is 14.9. The van der Waals surface area contributed by atoms with E-state index in [9.17, 15) is 0 Å².